The second-order valence-corrected chi connectivity index (χ2v) is 4.30. The van der Waals surface area contributed by atoms with E-state index < -0.39 is 29.8 Å². The highest BCUT2D eigenvalue weighted by atomic mass is 16.6. The lowest BCUT2D eigenvalue weighted by molar-refractivity contribution is -0.146. The maximum Gasteiger partial charge on any atom is 0.405 e. The first-order valence-corrected chi connectivity index (χ1v) is 4.81. The molecule has 5 N–H and O–H groups in total. The first-order valence-electron chi connectivity index (χ1n) is 4.81. The zero-order chi connectivity index (χ0) is 12.9. The molecule has 7 heteroatoms. The molecular formula is C9H19N3O4. The molecule has 0 spiro atoms. The number of primary amides is 1. The molecule has 2 atom stereocenters. The Morgan fingerprint density at radius 1 is 1.31 bits per heavy atom. The number of carbonyl (C=O) groups excluding carboxylic acids is 2. The van der Waals surface area contributed by atoms with Crippen molar-refractivity contribution in [2.24, 2.45) is 11.6 Å². The number of hydrazine groups is 1. The van der Waals surface area contributed by atoms with E-state index in [1.165, 1.54) is 0 Å². The Balaban J connectivity index is 4.62. The van der Waals surface area contributed by atoms with Crippen molar-refractivity contribution in [2.75, 3.05) is 0 Å². The molecule has 0 saturated carbocycles. The highest BCUT2D eigenvalue weighted by Gasteiger charge is 2.31. The van der Waals surface area contributed by atoms with Gasteiger partial charge in [-0.05, 0) is 27.7 Å². The molecule has 16 heavy (non-hydrogen) atoms. The molecule has 0 aromatic heterocycles. The average Bonchev–Trinajstić information content (AvgIpc) is 2.09. The second kappa shape index (κ2) is 5.66. The van der Waals surface area contributed by atoms with Crippen LogP contribution in [0.4, 0.5) is 4.79 Å². The largest absolute Gasteiger partial charge is 0.433 e. The van der Waals surface area contributed by atoms with Crippen LogP contribution in [0.2, 0.25) is 0 Å². The summed E-state index contributed by atoms with van der Waals surface area (Å²) in [6.07, 6.45) is -2.88. The summed E-state index contributed by atoms with van der Waals surface area (Å²) in [6.45, 7) is 7.02. The summed E-state index contributed by atoms with van der Waals surface area (Å²) in [4.78, 5) is 21.9. The van der Waals surface area contributed by atoms with Crippen molar-refractivity contribution in [2.45, 2.75) is 45.5 Å². The zero-order valence-corrected chi connectivity index (χ0v) is 9.94. The van der Waals surface area contributed by atoms with Gasteiger partial charge in [-0.1, -0.05) is 0 Å². The molecule has 0 aromatic rings. The van der Waals surface area contributed by atoms with E-state index in [2.05, 4.69) is 4.74 Å². The summed E-state index contributed by atoms with van der Waals surface area (Å²) in [5, 5.41) is 0. The van der Waals surface area contributed by atoms with Crippen LogP contribution in [0.3, 0.4) is 0 Å². The van der Waals surface area contributed by atoms with Crippen molar-refractivity contribution in [1.82, 2.24) is 5.43 Å². The third-order valence-corrected chi connectivity index (χ3v) is 1.61. The fourth-order valence-corrected chi connectivity index (χ4v) is 1.19. The van der Waals surface area contributed by atoms with E-state index in [4.69, 9.17) is 16.3 Å². The second-order valence-electron chi connectivity index (χ2n) is 4.30. The van der Waals surface area contributed by atoms with Gasteiger partial charge in [-0.2, -0.15) is 0 Å². The Hall–Kier alpha value is -1.34. The SMILES string of the molecule is CC(OC(C)(C)C)C(OC(N)=O)C(=O)NN. The quantitative estimate of drug-likeness (QED) is 0.348. The number of nitrogens with two attached hydrogens (primary N) is 2. The molecule has 0 rings (SSSR count). The summed E-state index contributed by atoms with van der Waals surface area (Å²) in [5.41, 5.74) is 6.26. The van der Waals surface area contributed by atoms with E-state index in [0.717, 1.165) is 0 Å². The van der Waals surface area contributed by atoms with Crippen LogP contribution >= 0.6 is 0 Å². The van der Waals surface area contributed by atoms with Crippen LogP contribution in [0.5, 0.6) is 0 Å². The van der Waals surface area contributed by atoms with Crippen molar-refractivity contribution in [1.29, 1.82) is 0 Å². The number of carbonyl (C=O) groups is 2. The predicted molar refractivity (Wildman–Crippen MR) is 57.1 cm³/mol. The van der Waals surface area contributed by atoms with Crippen LogP contribution in [-0.2, 0) is 14.3 Å². The Morgan fingerprint density at radius 2 is 1.81 bits per heavy atom. The van der Waals surface area contributed by atoms with Crippen LogP contribution in [0.25, 0.3) is 0 Å². The number of rotatable bonds is 4. The first kappa shape index (κ1) is 14.7. The normalized spacial score (nSPS) is 15.1. The maximum atomic E-state index is 11.3. The van der Waals surface area contributed by atoms with E-state index in [1.54, 1.807) is 6.92 Å². The van der Waals surface area contributed by atoms with E-state index in [0.29, 0.717) is 0 Å². The molecule has 0 fully saturated rings. The van der Waals surface area contributed by atoms with Gasteiger partial charge < -0.3 is 15.2 Å². The monoisotopic (exact) mass is 233 g/mol. The van der Waals surface area contributed by atoms with E-state index in [-0.39, 0.29) is 0 Å². The van der Waals surface area contributed by atoms with Crippen molar-refractivity contribution < 1.29 is 19.1 Å². The Labute approximate surface area is 94.4 Å². The molecular weight excluding hydrogens is 214 g/mol. The van der Waals surface area contributed by atoms with Crippen LogP contribution in [0.15, 0.2) is 0 Å². The molecule has 0 radical (unpaired) electrons. The van der Waals surface area contributed by atoms with Gasteiger partial charge in [-0.15, -0.1) is 0 Å². The molecule has 2 unspecified atom stereocenters. The van der Waals surface area contributed by atoms with Gasteiger partial charge in [0.25, 0.3) is 5.91 Å². The zero-order valence-electron chi connectivity index (χ0n) is 9.94. The highest BCUT2D eigenvalue weighted by molar-refractivity contribution is 5.83. The minimum Gasteiger partial charge on any atom is -0.433 e. The molecule has 94 valence electrons. The number of hydrogen-bond donors (Lipinski definition) is 3. The van der Waals surface area contributed by atoms with Crippen molar-refractivity contribution in [3.8, 4) is 0 Å². The summed E-state index contributed by atoms with van der Waals surface area (Å²) in [6, 6.07) is 0. The summed E-state index contributed by atoms with van der Waals surface area (Å²) >= 11 is 0. The van der Waals surface area contributed by atoms with Gasteiger partial charge in [0.1, 0.15) is 6.10 Å². The molecule has 0 saturated heterocycles. The van der Waals surface area contributed by atoms with Crippen LogP contribution < -0.4 is 17.0 Å². The van der Waals surface area contributed by atoms with Crippen molar-refractivity contribution in [3.63, 3.8) is 0 Å². The average molecular weight is 233 g/mol. The van der Waals surface area contributed by atoms with Gasteiger partial charge in [-0.3, -0.25) is 10.2 Å². The first-order chi connectivity index (χ1) is 7.17. The van der Waals surface area contributed by atoms with Crippen molar-refractivity contribution >= 4 is 12.0 Å². The highest BCUT2D eigenvalue weighted by Crippen LogP contribution is 2.14. The third-order valence-electron chi connectivity index (χ3n) is 1.61. The fraction of sp³-hybridized carbons (Fsp3) is 0.778. The number of amides is 2. The van der Waals surface area contributed by atoms with E-state index >= 15 is 0 Å². The minimum atomic E-state index is -1.17. The lowest BCUT2D eigenvalue weighted by Gasteiger charge is -2.29. The summed E-state index contributed by atoms with van der Waals surface area (Å²) < 4.78 is 10.1. The Kier molecular flexibility index (Phi) is 5.19. The summed E-state index contributed by atoms with van der Waals surface area (Å²) in [5.74, 6) is 4.29. The van der Waals surface area contributed by atoms with Gasteiger partial charge in [0.05, 0.1) is 5.60 Å². The topological polar surface area (TPSA) is 117 Å². The van der Waals surface area contributed by atoms with Crippen LogP contribution in [-0.4, -0.2) is 29.8 Å². The molecule has 0 aliphatic heterocycles. The Bertz CT molecular complexity index is 262. The summed E-state index contributed by atoms with van der Waals surface area (Å²) in [7, 11) is 0. The van der Waals surface area contributed by atoms with Gasteiger partial charge >= 0.3 is 6.09 Å². The number of ether oxygens (including phenoxy) is 2. The minimum absolute atomic E-state index is 0.479. The van der Waals surface area contributed by atoms with E-state index in [1.807, 2.05) is 26.2 Å². The molecule has 0 aliphatic carbocycles. The maximum absolute atomic E-state index is 11.3. The van der Waals surface area contributed by atoms with Crippen LogP contribution in [0, 0.1) is 0 Å². The lowest BCUT2D eigenvalue weighted by atomic mass is 10.1. The molecule has 0 aliphatic rings. The Morgan fingerprint density at radius 3 is 2.12 bits per heavy atom. The third kappa shape index (κ3) is 5.52. The fourth-order valence-electron chi connectivity index (χ4n) is 1.19. The van der Waals surface area contributed by atoms with Gasteiger partial charge in [0, 0.05) is 0 Å². The van der Waals surface area contributed by atoms with Crippen LogP contribution in [0.1, 0.15) is 27.7 Å². The van der Waals surface area contributed by atoms with Gasteiger partial charge in [0.15, 0.2) is 0 Å². The predicted octanol–water partition coefficient (Wildman–Crippen LogP) is -0.356. The van der Waals surface area contributed by atoms with E-state index in [9.17, 15) is 9.59 Å². The molecule has 0 bridgehead atoms. The molecule has 7 nitrogen and oxygen atoms in total. The smallest absolute Gasteiger partial charge is 0.405 e. The molecule has 2 amide bonds. The lowest BCUT2D eigenvalue weighted by Crippen LogP contribution is -2.49. The van der Waals surface area contributed by atoms with Gasteiger partial charge in [0.2, 0.25) is 6.10 Å². The molecule has 0 heterocycles. The number of nitrogens with one attached hydrogen (secondary N) is 1. The molecule has 0 aromatic carbocycles. The standard InChI is InChI=1S/C9H19N3O4/c1-5(16-9(2,3)4)6(7(13)12-11)15-8(10)14/h5-6H,11H2,1-4H3,(H2,10,14)(H,12,13). The van der Waals surface area contributed by atoms with Crippen molar-refractivity contribution in [3.05, 3.63) is 0 Å². The number of hydrogen-bond acceptors (Lipinski definition) is 5. The van der Waals surface area contributed by atoms with Gasteiger partial charge in [-0.25, -0.2) is 10.6 Å².